The van der Waals surface area contributed by atoms with Crippen LogP contribution in [0, 0.1) is 0 Å². The van der Waals surface area contributed by atoms with Gasteiger partial charge in [0, 0.05) is 7.11 Å². The van der Waals surface area contributed by atoms with Crippen LogP contribution in [0.5, 0.6) is 0 Å². The molecule has 0 aromatic carbocycles. The normalized spacial score (nSPS) is 42.0. The maximum Gasteiger partial charge on any atom is 0.473 e. The van der Waals surface area contributed by atoms with Gasteiger partial charge >= 0.3 is 48.2 Å². The molecule has 0 aliphatic carbocycles. The van der Waals surface area contributed by atoms with E-state index in [2.05, 4.69) is 23.7 Å². The van der Waals surface area contributed by atoms with Crippen molar-refractivity contribution >= 4 is 0 Å². The van der Waals surface area contributed by atoms with Crippen molar-refractivity contribution in [2.24, 2.45) is 0 Å². The third-order valence-corrected chi connectivity index (χ3v) is 3.88. The Kier molecular flexibility index (Phi) is 5.00. The van der Waals surface area contributed by atoms with E-state index in [-0.39, 0.29) is 7.11 Å². The smallest absolute Gasteiger partial charge is 0.323 e. The van der Waals surface area contributed by atoms with E-state index < -0.39 is 60.9 Å². The molecular weight excluding hydrogens is 478 g/mol. The minimum absolute atomic E-state index is 0.205. The number of hydrogen-bond donors (Lipinski definition) is 0. The summed E-state index contributed by atoms with van der Waals surface area (Å²) in [5.41, 5.74) is 0. The molecule has 0 aromatic rings. The van der Waals surface area contributed by atoms with Gasteiger partial charge in [0.2, 0.25) is 0 Å². The van der Waals surface area contributed by atoms with Crippen LogP contribution in [0.15, 0.2) is 0 Å². The Hall–Kier alpha value is -1.18. The number of methoxy groups -OCH3 is 1. The van der Waals surface area contributed by atoms with Crippen molar-refractivity contribution in [1.82, 2.24) is 0 Å². The third-order valence-electron chi connectivity index (χ3n) is 3.88. The van der Waals surface area contributed by atoms with E-state index in [0.717, 1.165) is 0 Å². The van der Waals surface area contributed by atoms with Crippen molar-refractivity contribution in [3.05, 3.63) is 0 Å². The summed E-state index contributed by atoms with van der Waals surface area (Å²) in [5.74, 6) is -31.4. The van der Waals surface area contributed by atoms with E-state index >= 15 is 0 Å². The van der Waals surface area contributed by atoms with Gasteiger partial charge in [0.15, 0.2) is 0 Å². The Labute approximate surface area is 154 Å². The largest absolute Gasteiger partial charge is 0.473 e. The van der Waals surface area contributed by atoms with E-state index in [0.29, 0.717) is 0 Å². The minimum atomic E-state index is -7.36. The summed E-state index contributed by atoms with van der Waals surface area (Å²) in [5, 5.41) is 0. The molecule has 2 aliphatic heterocycles. The van der Waals surface area contributed by atoms with Gasteiger partial charge in [-0.2, -0.15) is 61.5 Å². The average molecular weight is 484 g/mol. The molecule has 0 amide bonds. The minimum Gasteiger partial charge on any atom is -0.323 e. The van der Waals surface area contributed by atoms with Crippen LogP contribution < -0.4 is 0 Å². The highest BCUT2D eigenvalue weighted by molar-refractivity contribution is 5.11. The molecule has 0 aromatic heterocycles. The third kappa shape index (κ3) is 2.81. The van der Waals surface area contributed by atoms with Crippen LogP contribution in [-0.2, 0) is 23.7 Å². The van der Waals surface area contributed by atoms with Crippen LogP contribution in [0.2, 0.25) is 0 Å². The molecule has 4 atom stereocenters. The lowest BCUT2D eigenvalue weighted by molar-refractivity contribution is -0.483. The monoisotopic (exact) mass is 484 g/mol. The summed E-state index contributed by atoms with van der Waals surface area (Å²) in [4.78, 5) is 0. The number of alkyl halides is 14. The molecular formula is C11H6F14O5. The first-order chi connectivity index (χ1) is 12.9. The summed E-state index contributed by atoms with van der Waals surface area (Å²) < 4.78 is 203. The zero-order valence-corrected chi connectivity index (χ0v) is 13.8. The van der Waals surface area contributed by atoms with Crippen molar-refractivity contribution in [1.29, 1.82) is 0 Å². The lowest BCUT2D eigenvalue weighted by atomic mass is 10.00. The molecule has 2 fully saturated rings. The number of halogens is 14. The van der Waals surface area contributed by atoms with Crippen LogP contribution in [0.4, 0.5) is 61.5 Å². The molecule has 0 N–H and O–H groups in total. The van der Waals surface area contributed by atoms with Gasteiger partial charge in [0.25, 0.3) is 5.79 Å². The molecule has 2 heterocycles. The van der Waals surface area contributed by atoms with Gasteiger partial charge in [0.1, 0.15) is 0 Å². The van der Waals surface area contributed by atoms with Gasteiger partial charge in [-0.15, -0.1) is 0 Å². The second-order valence-corrected chi connectivity index (χ2v) is 5.91. The lowest BCUT2D eigenvalue weighted by Crippen LogP contribution is -2.69. The van der Waals surface area contributed by atoms with E-state index in [1.54, 1.807) is 0 Å². The second-order valence-electron chi connectivity index (χ2n) is 5.91. The summed E-state index contributed by atoms with van der Waals surface area (Å²) in [6.45, 7) is -0.622. The number of rotatable bonds is 3. The number of hydrogen-bond acceptors (Lipinski definition) is 5. The predicted molar refractivity (Wildman–Crippen MR) is 57.1 cm³/mol. The van der Waals surface area contributed by atoms with Crippen LogP contribution in [0.1, 0.15) is 6.92 Å². The second kappa shape index (κ2) is 5.99. The molecule has 4 unspecified atom stereocenters. The molecule has 30 heavy (non-hydrogen) atoms. The fourth-order valence-electron chi connectivity index (χ4n) is 2.29. The van der Waals surface area contributed by atoms with E-state index in [1.165, 1.54) is 0 Å². The molecule has 19 heteroatoms. The zero-order valence-electron chi connectivity index (χ0n) is 13.8. The van der Waals surface area contributed by atoms with Crippen LogP contribution in [-0.4, -0.2) is 61.1 Å². The Morgan fingerprint density at radius 1 is 0.600 bits per heavy atom. The quantitative estimate of drug-likeness (QED) is 0.557. The van der Waals surface area contributed by atoms with Gasteiger partial charge in [-0.05, 0) is 6.92 Å². The van der Waals surface area contributed by atoms with Crippen LogP contribution >= 0.6 is 0 Å². The maximum absolute atomic E-state index is 14.5. The van der Waals surface area contributed by atoms with E-state index in [4.69, 9.17) is 0 Å². The molecule has 178 valence electrons. The average Bonchev–Trinajstić information content (AvgIpc) is 2.85. The molecule has 0 radical (unpaired) electrons. The fraction of sp³-hybridized carbons (Fsp3) is 1.00. The van der Waals surface area contributed by atoms with Crippen LogP contribution in [0.3, 0.4) is 0 Å². The van der Waals surface area contributed by atoms with Crippen molar-refractivity contribution in [2.45, 2.75) is 60.9 Å². The Morgan fingerprint density at radius 3 is 1.30 bits per heavy atom. The standard InChI is InChI=1S/C11H6F14O5/c1-3(7(16,17)18)27-5(14,9(22,23)28-3)4(12,13)6(15)10(24,25)30-11(26-2,29-6)8(19,20)21/h1-2H3. The lowest BCUT2D eigenvalue weighted by Gasteiger charge is -2.38. The van der Waals surface area contributed by atoms with Crippen LogP contribution in [0.25, 0.3) is 0 Å². The first-order valence-corrected chi connectivity index (χ1v) is 6.89. The van der Waals surface area contributed by atoms with Gasteiger partial charge in [-0.25, -0.2) is 0 Å². The first-order valence-electron chi connectivity index (χ1n) is 6.89. The molecule has 0 bridgehead atoms. The highest BCUT2D eigenvalue weighted by Crippen LogP contribution is 2.67. The van der Waals surface area contributed by atoms with E-state index in [1.807, 2.05) is 0 Å². The highest BCUT2D eigenvalue weighted by Gasteiger charge is 2.97. The highest BCUT2D eigenvalue weighted by atomic mass is 19.4. The fourth-order valence-corrected chi connectivity index (χ4v) is 2.29. The van der Waals surface area contributed by atoms with Crippen molar-refractivity contribution in [3.8, 4) is 0 Å². The molecule has 5 nitrogen and oxygen atoms in total. The Bertz CT molecular complexity index is 707. The first kappa shape index (κ1) is 25.1. The van der Waals surface area contributed by atoms with Crippen molar-refractivity contribution in [2.75, 3.05) is 7.11 Å². The number of ether oxygens (including phenoxy) is 5. The molecule has 0 spiro atoms. The van der Waals surface area contributed by atoms with E-state index in [9.17, 15) is 61.5 Å². The molecule has 2 rings (SSSR count). The predicted octanol–water partition coefficient (Wildman–Crippen LogP) is 4.37. The summed E-state index contributed by atoms with van der Waals surface area (Å²) >= 11 is 0. The summed E-state index contributed by atoms with van der Waals surface area (Å²) in [6.07, 6.45) is -25.9. The molecule has 2 saturated heterocycles. The topological polar surface area (TPSA) is 46.2 Å². The van der Waals surface area contributed by atoms with Crippen molar-refractivity contribution in [3.63, 3.8) is 0 Å². The summed E-state index contributed by atoms with van der Waals surface area (Å²) in [7, 11) is -0.205. The Balaban J connectivity index is 2.67. The summed E-state index contributed by atoms with van der Waals surface area (Å²) in [6, 6.07) is 0. The van der Waals surface area contributed by atoms with Crippen molar-refractivity contribution < 1.29 is 85.2 Å². The Morgan fingerprint density at radius 2 is 1.00 bits per heavy atom. The van der Waals surface area contributed by atoms with Gasteiger partial charge in [-0.3, -0.25) is 18.9 Å². The van der Waals surface area contributed by atoms with Gasteiger partial charge < -0.3 is 4.74 Å². The molecule has 0 saturated carbocycles. The van der Waals surface area contributed by atoms with Gasteiger partial charge in [0.05, 0.1) is 0 Å². The SMILES string of the molecule is COC1(C(F)(F)F)OC(F)(F)C(F)(C(F)(F)C2(F)OC(C)(C(F)(F)F)OC2(F)F)O1. The van der Waals surface area contributed by atoms with Gasteiger partial charge in [-0.1, -0.05) is 0 Å². The zero-order chi connectivity index (χ0) is 24.0. The maximum atomic E-state index is 14.5. The molecule has 2 aliphatic rings.